The number of carboxylic acid groups (broad SMARTS) is 1. The van der Waals surface area contributed by atoms with Gasteiger partial charge in [-0.1, -0.05) is 24.3 Å². The van der Waals surface area contributed by atoms with Gasteiger partial charge in [0, 0.05) is 6.54 Å². The van der Waals surface area contributed by atoms with Crippen molar-refractivity contribution in [3.63, 3.8) is 0 Å². The van der Waals surface area contributed by atoms with Crippen molar-refractivity contribution in [2.24, 2.45) is 5.11 Å². The van der Waals surface area contributed by atoms with Crippen LogP contribution < -0.4 is 14.5 Å². The van der Waals surface area contributed by atoms with E-state index in [2.05, 4.69) is 10.0 Å². The average Bonchev–Trinajstić information content (AvgIpc) is 2.68. The molecule has 9 nitrogen and oxygen atoms in total. The number of anilines is 2. The molecule has 0 saturated carbocycles. The standard InChI is InChI=1S/C18H17N5O4/c19-21-20-11-9-22(18(25)26)10-14(17(11)24)23-12-5-1-3-7-15(12)27-16-8-4-2-6-13(16)23/h1-8,11,14,17,19,24H,9-10H2/p+1. The lowest BCUT2D eigenvalue weighted by Gasteiger charge is -2.45. The number of rotatable bonds is 2. The number of nitrogens with one attached hydrogen (secondary N) is 1. The molecule has 1 fully saturated rings. The molecule has 27 heavy (non-hydrogen) atoms. The van der Waals surface area contributed by atoms with Gasteiger partial charge in [0.2, 0.25) is 4.91 Å². The Morgan fingerprint density at radius 2 is 1.70 bits per heavy atom. The minimum atomic E-state index is -1.10. The van der Waals surface area contributed by atoms with Crippen molar-refractivity contribution in [1.29, 1.82) is 5.53 Å². The fourth-order valence-electron chi connectivity index (χ4n) is 3.66. The molecule has 0 spiro atoms. The van der Waals surface area contributed by atoms with Crippen LogP contribution in [0.1, 0.15) is 0 Å². The van der Waals surface area contributed by atoms with Crippen molar-refractivity contribution >= 4 is 17.5 Å². The second-order valence-electron chi connectivity index (χ2n) is 6.44. The lowest BCUT2D eigenvalue weighted by Crippen LogP contribution is -2.61. The molecule has 2 aliphatic heterocycles. The Morgan fingerprint density at radius 3 is 2.26 bits per heavy atom. The molecule has 1 saturated heterocycles. The molecule has 2 heterocycles. The number of fused-ring (bicyclic) bond motifs is 2. The molecule has 0 aromatic heterocycles. The summed E-state index contributed by atoms with van der Waals surface area (Å²) in [5.41, 5.74) is 8.46. The van der Waals surface area contributed by atoms with E-state index < -0.39 is 24.3 Å². The first kappa shape index (κ1) is 17.0. The maximum atomic E-state index is 11.6. The van der Waals surface area contributed by atoms with Crippen molar-refractivity contribution in [2.75, 3.05) is 18.0 Å². The van der Waals surface area contributed by atoms with E-state index in [-0.39, 0.29) is 13.1 Å². The molecule has 2 aromatic carbocycles. The molecule has 3 atom stereocenters. The van der Waals surface area contributed by atoms with Crippen molar-refractivity contribution < 1.29 is 19.7 Å². The van der Waals surface area contributed by atoms with Crippen molar-refractivity contribution in [3.05, 3.63) is 48.5 Å². The Hall–Kier alpha value is -3.42. The van der Waals surface area contributed by atoms with Crippen molar-refractivity contribution in [1.82, 2.24) is 9.81 Å². The number of amides is 1. The average molecular weight is 368 g/mol. The van der Waals surface area contributed by atoms with Gasteiger partial charge in [-0.2, -0.15) is 0 Å². The van der Waals surface area contributed by atoms with Crippen LogP contribution in [0.3, 0.4) is 0 Å². The SMILES string of the molecule is N=[N+]=NC1CN(C(=O)O)CC(N2c3ccccc3Oc3ccccc32)C1O. The normalized spacial score (nSPS) is 23.5. The highest BCUT2D eigenvalue weighted by molar-refractivity contribution is 5.79. The third kappa shape index (κ3) is 2.88. The van der Waals surface area contributed by atoms with Crippen LogP contribution in [0.15, 0.2) is 53.6 Å². The van der Waals surface area contributed by atoms with Gasteiger partial charge in [0.25, 0.3) is 0 Å². The lowest BCUT2D eigenvalue weighted by molar-refractivity contribution is 0.0424. The largest absolute Gasteiger partial charge is 0.465 e. The first-order valence-corrected chi connectivity index (χ1v) is 8.48. The number of piperidine rings is 1. The van der Waals surface area contributed by atoms with E-state index in [1.54, 1.807) is 0 Å². The summed E-state index contributed by atoms with van der Waals surface area (Å²) in [4.78, 5) is 17.7. The number of aliphatic hydroxyl groups is 1. The second kappa shape index (κ2) is 6.71. The molecule has 3 N–H and O–H groups in total. The summed E-state index contributed by atoms with van der Waals surface area (Å²) in [5.74, 6) is 1.24. The van der Waals surface area contributed by atoms with Gasteiger partial charge in [0.1, 0.15) is 16.7 Å². The van der Waals surface area contributed by atoms with E-state index in [1.165, 1.54) is 4.90 Å². The van der Waals surface area contributed by atoms with E-state index >= 15 is 0 Å². The van der Waals surface area contributed by atoms with Crippen LogP contribution in [0.5, 0.6) is 11.5 Å². The van der Waals surface area contributed by atoms with Crippen LogP contribution in [0.4, 0.5) is 16.2 Å². The maximum Gasteiger partial charge on any atom is 0.407 e. The molecule has 3 unspecified atom stereocenters. The Labute approximate surface area is 154 Å². The maximum absolute atomic E-state index is 11.6. The predicted octanol–water partition coefficient (Wildman–Crippen LogP) is 2.57. The van der Waals surface area contributed by atoms with Gasteiger partial charge < -0.3 is 24.7 Å². The highest BCUT2D eigenvalue weighted by Crippen LogP contribution is 2.48. The van der Waals surface area contributed by atoms with E-state index in [0.29, 0.717) is 11.5 Å². The molecule has 2 aliphatic rings. The Morgan fingerprint density at radius 1 is 1.11 bits per heavy atom. The molecular weight excluding hydrogens is 350 g/mol. The minimum absolute atomic E-state index is 0.0109. The summed E-state index contributed by atoms with van der Waals surface area (Å²) < 4.78 is 5.96. The quantitative estimate of drug-likeness (QED) is 0.555. The number of nitrogens with zero attached hydrogens (tertiary/aromatic N) is 4. The number of para-hydroxylation sites is 4. The monoisotopic (exact) mass is 368 g/mol. The molecule has 9 heteroatoms. The van der Waals surface area contributed by atoms with Crippen LogP contribution in [-0.4, -0.2) is 52.5 Å². The molecule has 4 rings (SSSR count). The topological polar surface area (TPSA) is 124 Å². The summed E-state index contributed by atoms with van der Waals surface area (Å²) in [6.07, 6.45) is -2.11. The molecule has 0 radical (unpaired) electrons. The summed E-state index contributed by atoms with van der Waals surface area (Å²) >= 11 is 0. The first-order chi connectivity index (χ1) is 13.1. The number of hydrogen-bond acceptors (Lipinski definition) is 6. The summed E-state index contributed by atoms with van der Waals surface area (Å²) in [6.45, 7) is 0.0756. The van der Waals surface area contributed by atoms with Gasteiger partial charge in [-0.3, -0.25) is 0 Å². The van der Waals surface area contributed by atoms with Gasteiger partial charge >= 0.3 is 6.09 Å². The van der Waals surface area contributed by atoms with Crippen LogP contribution >= 0.6 is 0 Å². The van der Waals surface area contributed by atoms with E-state index in [9.17, 15) is 15.0 Å². The third-order valence-corrected chi connectivity index (χ3v) is 4.88. The van der Waals surface area contributed by atoms with Gasteiger partial charge in [0.05, 0.1) is 24.0 Å². The molecule has 1 amide bonds. The number of aliphatic hydroxyl groups excluding tert-OH is 1. The van der Waals surface area contributed by atoms with Crippen molar-refractivity contribution in [3.8, 4) is 11.5 Å². The zero-order valence-electron chi connectivity index (χ0n) is 14.3. The zero-order valence-corrected chi connectivity index (χ0v) is 14.3. The Kier molecular flexibility index (Phi) is 4.23. The van der Waals surface area contributed by atoms with E-state index in [4.69, 9.17) is 10.3 Å². The number of carbonyl (C=O) groups is 1. The minimum Gasteiger partial charge on any atom is -0.465 e. The first-order valence-electron chi connectivity index (χ1n) is 8.48. The summed E-state index contributed by atoms with van der Waals surface area (Å²) in [6, 6.07) is 13.3. The van der Waals surface area contributed by atoms with Gasteiger partial charge in [-0.25, -0.2) is 4.79 Å². The van der Waals surface area contributed by atoms with Crippen LogP contribution in [0.25, 0.3) is 0 Å². The summed E-state index contributed by atoms with van der Waals surface area (Å²) in [7, 11) is 0. The fourth-order valence-corrected chi connectivity index (χ4v) is 3.66. The van der Waals surface area contributed by atoms with Crippen LogP contribution in [0, 0.1) is 5.53 Å². The highest BCUT2D eigenvalue weighted by Gasteiger charge is 2.45. The second-order valence-corrected chi connectivity index (χ2v) is 6.44. The Balaban J connectivity index is 1.83. The number of likely N-dealkylation sites (tertiary alicyclic amines) is 1. The van der Waals surface area contributed by atoms with Gasteiger partial charge in [-0.05, 0) is 24.3 Å². The van der Waals surface area contributed by atoms with E-state index in [1.807, 2.05) is 53.4 Å². The van der Waals surface area contributed by atoms with Crippen molar-refractivity contribution in [2.45, 2.75) is 18.2 Å². The third-order valence-electron chi connectivity index (χ3n) is 4.88. The number of benzene rings is 2. The van der Waals surface area contributed by atoms with Gasteiger partial charge in [-0.15, -0.1) is 0 Å². The number of ether oxygens (including phenoxy) is 1. The molecular formula is C18H18N5O4+. The summed E-state index contributed by atoms with van der Waals surface area (Å²) in [5, 5.41) is 24.2. The smallest absolute Gasteiger partial charge is 0.407 e. The molecule has 138 valence electrons. The molecule has 2 aromatic rings. The fraction of sp³-hybridized carbons (Fsp3) is 0.278. The molecule has 0 aliphatic carbocycles. The van der Waals surface area contributed by atoms with Crippen LogP contribution in [0.2, 0.25) is 0 Å². The zero-order chi connectivity index (χ0) is 19.0. The Bertz CT molecular complexity index is 884. The number of hydrogen-bond donors (Lipinski definition) is 3. The van der Waals surface area contributed by atoms with E-state index in [0.717, 1.165) is 11.4 Å². The highest BCUT2D eigenvalue weighted by atomic mass is 16.5. The van der Waals surface area contributed by atoms with Crippen LogP contribution in [-0.2, 0) is 0 Å². The van der Waals surface area contributed by atoms with Gasteiger partial charge in [0.15, 0.2) is 17.5 Å². The predicted molar refractivity (Wildman–Crippen MR) is 95.6 cm³/mol. The molecule has 0 bridgehead atoms. The lowest BCUT2D eigenvalue weighted by atomic mass is 9.94.